The van der Waals surface area contributed by atoms with Gasteiger partial charge >= 0.3 is 24.8 Å². The second-order valence-corrected chi connectivity index (χ2v) is 8.63. The Labute approximate surface area is 162 Å². The molecule has 0 aliphatic heterocycles. The van der Waals surface area contributed by atoms with E-state index in [4.69, 9.17) is 0 Å². The van der Waals surface area contributed by atoms with Crippen molar-refractivity contribution in [3.63, 3.8) is 0 Å². The van der Waals surface area contributed by atoms with Gasteiger partial charge in [-0.05, 0) is 34.7 Å². The number of aliphatic carboxylic acids is 1. The zero-order valence-electron chi connectivity index (χ0n) is 16.1. The normalized spacial score (nSPS) is 14.1. The van der Waals surface area contributed by atoms with Gasteiger partial charge in [0.05, 0.1) is 0 Å². The molecule has 2 atom stereocenters. The largest absolute Gasteiger partial charge is 1.00 e. The fourth-order valence-electron chi connectivity index (χ4n) is 2.73. The zero-order chi connectivity index (χ0) is 17.9. The first-order valence-corrected chi connectivity index (χ1v) is 9.80. The predicted octanol–water partition coefficient (Wildman–Crippen LogP) is 0.0884. The van der Waals surface area contributed by atoms with Gasteiger partial charge < -0.3 is 6.53 Å². The predicted molar refractivity (Wildman–Crippen MR) is 96.7 cm³/mol. The zero-order valence-corrected chi connectivity index (χ0v) is 15.9. The van der Waals surface area contributed by atoms with Crippen molar-refractivity contribution in [1.29, 1.82) is 0 Å². The van der Waals surface area contributed by atoms with Crippen LogP contribution in [0, 0.1) is 5.92 Å². The summed E-state index contributed by atoms with van der Waals surface area (Å²) in [5.41, 5.74) is 0.547. The van der Waals surface area contributed by atoms with E-state index in [1.807, 2.05) is 44.2 Å². The van der Waals surface area contributed by atoms with Crippen molar-refractivity contribution in [3.05, 3.63) is 48.0 Å². The smallest absolute Gasteiger partial charge is 1.00 e. The molecular formula is C18H24LiNO4S. The Morgan fingerprint density at radius 3 is 2.28 bits per heavy atom. The molecule has 0 aliphatic rings. The monoisotopic (exact) mass is 357 g/mol. The Bertz CT molecular complexity index is 842. The van der Waals surface area contributed by atoms with Crippen molar-refractivity contribution in [2.24, 2.45) is 5.92 Å². The van der Waals surface area contributed by atoms with Crippen LogP contribution >= 0.6 is 0 Å². The first-order chi connectivity index (χ1) is 11.2. The summed E-state index contributed by atoms with van der Waals surface area (Å²) < 4.78 is 24.5. The molecule has 0 fully saturated rings. The van der Waals surface area contributed by atoms with Crippen LogP contribution in [0.25, 0.3) is 10.8 Å². The second kappa shape index (κ2) is 8.86. The van der Waals surface area contributed by atoms with Crippen LogP contribution in [-0.2, 0) is 14.6 Å². The summed E-state index contributed by atoms with van der Waals surface area (Å²) in [5.74, 6) is -0.909. The minimum Gasteiger partial charge on any atom is -1.00 e. The molecule has 132 valence electrons. The summed E-state index contributed by atoms with van der Waals surface area (Å²) >= 11 is 0. The van der Waals surface area contributed by atoms with Gasteiger partial charge in [0.1, 0.15) is 11.4 Å². The topological polar surface area (TPSA) is 83.5 Å². The van der Waals surface area contributed by atoms with E-state index >= 15 is 0 Å². The van der Waals surface area contributed by atoms with E-state index in [0.717, 1.165) is 17.0 Å². The number of carboxylic acid groups (broad SMARTS) is 1. The van der Waals surface area contributed by atoms with E-state index in [1.165, 1.54) is 0 Å². The second-order valence-electron chi connectivity index (χ2n) is 6.50. The van der Waals surface area contributed by atoms with E-state index in [9.17, 15) is 18.3 Å². The number of nitrogens with one attached hydrogen (secondary N) is 1. The fourth-order valence-corrected chi connectivity index (χ4v) is 3.78. The Hall–Kier alpha value is -1.32. The van der Waals surface area contributed by atoms with Crippen LogP contribution in [0.1, 0.15) is 32.6 Å². The van der Waals surface area contributed by atoms with Gasteiger partial charge in [0.25, 0.3) is 0 Å². The number of hydrogen-bond acceptors (Lipinski definition) is 4. The molecule has 7 heteroatoms. The molecule has 0 bridgehead atoms. The Morgan fingerprint density at radius 1 is 1.16 bits per heavy atom. The third-order valence-corrected chi connectivity index (χ3v) is 5.13. The number of benzene rings is 2. The van der Waals surface area contributed by atoms with Gasteiger partial charge in [0.15, 0.2) is 9.84 Å². The summed E-state index contributed by atoms with van der Waals surface area (Å²) in [6, 6.07) is 12.1. The van der Waals surface area contributed by atoms with Crippen LogP contribution in [0.15, 0.2) is 42.5 Å². The standard InChI is InChI=1S/C18H23NO4S.Li.H/c1-12(2)10-16(18(20)21)19-17(24(3,22)23)15-9-8-13-6-4-5-7-14(13)11-15;;/h4-9,11-12,16-17,19H,10H2,1-3H3,(H,20,21);;/q;+1;-1/t16-,17?;;/m0../s1. The van der Waals surface area contributed by atoms with E-state index in [2.05, 4.69) is 5.32 Å². The van der Waals surface area contributed by atoms with Crippen molar-refractivity contribution < 1.29 is 38.6 Å². The van der Waals surface area contributed by atoms with Crippen molar-refractivity contribution >= 4 is 26.6 Å². The van der Waals surface area contributed by atoms with Crippen molar-refractivity contribution in [3.8, 4) is 0 Å². The molecule has 5 nitrogen and oxygen atoms in total. The molecular weight excluding hydrogens is 333 g/mol. The fraction of sp³-hybridized carbons (Fsp3) is 0.389. The minimum absolute atomic E-state index is 0. The van der Waals surface area contributed by atoms with Gasteiger partial charge in [-0.2, -0.15) is 0 Å². The van der Waals surface area contributed by atoms with Crippen LogP contribution in [0.4, 0.5) is 0 Å². The Morgan fingerprint density at radius 2 is 1.76 bits per heavy atom. The molecule has 2 aromatic carbocycles. The molecule has 0 saturated heterocycles. The third kappa shape index (κ3) is 5.86. The molecule has 2 N–H and O–H groups in total. The molecule has 0 aromatic heterocycles. The van der Waals surface area contributed by atoms with Gasteiger partial charge in [-0.15, -0.1) is 0 Å². The van der Waals surface area contributed by atoms with Crippen molar-refractivity contribution in [2.75, 3.05) is 6.26 Å². The molecule has 1 unspecified atom stereocenters. The third-order valence-electron chi connectivity index (χ3n) is 3.86. The van der Waals surface area contributed by atoms with Crippen LogP contribution in [0.2, 0.25) is 0 Å². The summed E-state index contributed by atoms with van der Waals surface area (Å²) in [7, 11) is -3.53. The average Bonchev–Trinajstić information content (AvgIpc) is 2.49. The van der Waals surface area contributed by atoms with Crippen LogP contribution in [0.3, 0.4) is 0 Å². The molecule has 0 aliphatic carbocycles. The average molecular weight is 357 g/mol. The molecule has 2 aromatic rings. The van der Waals surface area contributed by atoms with Gasteiger partial charge in [-0.3, -0.25) is 10.1 Å². The summed E-state index contributed by atoms with van der Waals surface area (Å²) in [5, 5.41) is 13.1. The SMILES string of the molecule is CC(C)C[C@H](NC(c1ccc2ccccc2c1)S(C)(=O)=O)C(=O)O.[H-].[Li+]. The number of carboxylic acids is 1. The maximum atomic E-state index is 12.3. The van der Waals surface area contributed by atoms with E-state index in [-0.39, 0.29) is 26.2 Å². The Balaban J connectivity index is 0.00000312. The van der Waals surface area contributed by atoms with E-state index in [0.29, 0.717) is 12.0 Å². The van der Waals surface area contributed by atoms with Crippen molar-refractivity contribution in [2.45, 2.75) is 31.7 Å². The number of carbonyl (C=O) groups is 1. The first-order valence-electron chi connectivity index (χ1n) is 7.85. The van der Waals surface area contributed by atoms with Crippen LogP contribution < -0.4 is 24.2 Å². The van der Waals surface area contributed by atoms with Crippen molar-refractivity contribution in [1.82, 2.24) is 5.32 Å². The van der Waals surface area contributed by atoms with E-state index < -0.39 is 27.2 Å². The minimum atomic E-state index is -3.53. The van der Waals surface area contributed by atoms with Gasteiger partial charge in [0.2, 0.25) is 0 Å². The Kier molecular flexibility index (Phi) is 7.70. The quantitative estimate of drug-likeness (QED) is 0.686. The van der Waals surface area contributed by atoms with Gasteiger partial charge in [0, 0.05) is 6.26 Å². The maximum absolute atomic E-state index is 12.3. The molecule has 25 heavy (non-hydrogen) atoms. The number of fused-ring (bicyclic) bond motifs is 1. The van der Waals surface area contributed by atoms with Crippen LogP contribution in [0.5, 0.6) is 0 Å². The first kappa shape index (κ1) is 21.7. The molecule has 0 saturated carbocycles. The number of hydrogen-bond donors (Lipinski definition) is 2. The molecule has 0 heterocycles. The van der Waals surface area contributed by atoms with Crippen LogP contribution in [-0.4, -0.2) is 31.8 Å². The maximum Gasteiger partial charge on any atom is 1.00 e. The summed E-state index contributed by atoms with van der Waals surface area (Å²) in [4.78, 5) is 11.5. The molecule has 0 spiro atoms. The van der Waals surface area contributed by atoms with E-state index in [1.54, 1.807) is 12.1 Å². The summed E-state index contributed by atoms with van der Waals surface area (Å²) in [6.45, 7) is 3.81. The molecule has 0 amide bonds. The summed E-state index contributed by atoms with van der Waals surface area (Å²) in [6.07, 6.45) is 1.48. The van der Waals surface area contributed by atoms with Gasteiger partial charge in [-0.1, -0.05) is 50.2 Å². The van der Waals surface area contributed by atoms with Gasteiger partial charge in [-0.25, -0.2) is 8.42 Å². The number of sulfone groups is 1. The number of rotatable bonds is 7. The molecule has 2 rings (SSSR count). The molecule has 0 radical (unpaired) electrons.